The van der Waals surface area contributed by atoms with Crippen LogP contribution < -0.4 is 10.9 Å². The number of carbonyl (C=O) groups excluding carboxylic acids is 1. The molecule has 1 amide bonds. The molecule has 0 aliphatic carbocycles. The minimum absolute atomic E-state index is 0.00209. The van der Waals surface area contributed by atoms with E-state index < -0.39 is 24.2 Å². The summed E-state index contributed by atoms with van der Waals surface area (Å²) >= 11 is 0. The third-order valence-corrected chi connectivity index (χ3v) is 4.48. The van der Waals surface area contributed by atoms with E-state index in [1.54, 1.807) is 18.3 Å². The van der Waals surface area contributed by atoms with Crippen LogP contribution in [0.4, 0.5) is 4.39 Å². The maximum atomic E-state index is 13.4. The summed E-state index contributed by atoms with van der Waals surface area (Å²) in [5.41, 5.74) is 1.88. The number of hydrogen-bond acceptors (Lipinski definition) is 5. The highest BCUT2D eigenvalue weighted by molar-refractivity contribution is 5.92. The van der Waals surface area contributed by atoms with E-state index in [0.29, 0.717) is 17.8 Å². The minimum Gasteiger partial charge on any atom is -0.394 e. The Hall–Kier alpha value is -3.30. The fourth-order valence-corrected chi connectivity index (χ4v) is 2.86. The SMILES string of the molecule is CC(C)=CCn1c(-c2ccc(F)cc2)cn2cc(C(=O)NC[C@H](O)CO)nc2c1=O. The minimum atomic E-state index is -1.09. The highest BCUT2D eigenvalue weighted by atomic mass is 19.1. The summed E-state index contributed by atoms with van der Waals surface area (Å²) in [7, 11) is 0. The zero-order valence-corrected chi connectivity index (χ0v) is 16.7. The van der Waals surface area contributed by atoms with E-state index in [9.17, 15) is 19.1 Å². The second-order valence-electron chi connectivity index (χ2n) is 7.12. The van der Waals surface area contributed by atoms with Crippen molar-refractivity contribution in [3.05, 3.63) is 70.2 Å². The van der Waals surface area contributed by atoms with E-state index in [4.69, 9.17) is 5.11 Å². The summed E-state index contributed by atoms with van der Waals surface area (Å²) in [6.45, 7) is 3.50. The van der Waals surface area contributed by atoms with E-state index >= 15 is 0 Å². The molecule has 2 heterocycles. The van der Waals surface area contributed by atoms with Gasteiger partial charge in [-0.15, -0.1) is 0 Å². The third-order valence-electron chi connectivity index (χ3n) is 4.48. The van der Waals surface area contributed by atoms with Crippen molar-refractivity contribution in [1.82, 2.24) is 19.3 Å². The summed E-state index contributed by atoms with van der Waals surface area (Å²) in [5.74, 6) is -0.963. The zero-order chi connectivity index (χ0) is 21.8. The summed E-state index contributed by atoms with van der Waals surface area (Å²) < 4.78 is 16.3. The average Bonchev–Trinajstić information content (AvgIpc) is 3.16. The number of nitrogens with one attached hydrogen (secondary N) is 1. The molecule has 1 atom stereocenters. The van der Waals surface area contributed by atoms with Gasteiger partial charge in [0, 0.05) is 25.5 Å². The first kappa shape index (κ1) is 21.4. The lowest BCUT2D eigenvalue weighted by atomic mass is 10.1. The lowest BCUT2D eigenvalue weighted by molar-refractivity contribution is 0.0799. The van der Waals surface area contributed by atoms with Crippen molar-refractivity contribution in [2.45, 2.75) is 26.5 Å². The second kappa shape index (κ2) is 9.02. The van der Waals surface area contributed by atoms with Gasteiger partial charge < -0.3 is 15.5 Å². The van der Waals surface area contributed by atoms with Crippen molar-refractivity contribution in [1.29, 1.82) is 0 Å². The number of fused-ring (bicyclic) bond motifs is 1. The van der Waals surface area contributed by atoms with Gasteiger partial charge >= 0.3 is 0 Å². The van der Waals surface area contributed by atoms with Crippen molar-refractivity contribution in [2.24, 2.45) is 0 Å². The maximum Gasteiger partial charge on any atom is 0.295 e. The van der Waals surface area contributed by atoms with E-state index in [0.717, 1.165) is 5.57 Å². The molecule has 30 heavy (non-hydrogen) atoms. The number of aliphatic hydroxyl groups excluding tert-OH is 2. The second-order valence-corrected chi connectivity index (χ2v) is 7.12. The molecule has 0 saturated heterocycles. The number of aromatic nitrogens is 3. The summed E-state index contributed by atoms with van der Waals surface area (Å²) in [6, 6.07) is 5.79. The number of allylic oxidation sites excluding steroid dienone is 2. The number of halogens is 1. The average molecular weight is 414 g/mol. The van der Waals surface area contributed by atoms with Gasteiger partial charge in [-0.3, -0.25) is 18.6 Å². The Labute approximate surface area is 171 Å². The standard InChI is InChI=1S/C21H23FN4O4/c1-13(2)7-8-26-18(14-3-5-15(22)6-4-14)11-25-10-17(24-19(25)21(26)30)20(29)23-9-16(28)12-27/h3-7,10-11,16,27-28H,8-9,12H2,1-2H3,(H,23,29)/t16-/m0/s1. The van der Waals surface area contributed by atoms with Crippen LogP contribution in [-0.4, -0.2) is 49.3 Å². The molecular formula is C21H23FN4O4. The van der Waals surface area contributed by atoms with Gasteiger partial charge in [0.25, 0.3) is 11.5 Å². The molecule has 8 nitrogen and oxygen atoms in total. The lowest BCUT2D eigenvalue weighted by Crippen LogP contribution is -2.34. The summed E-state index contributed by atoms with van der Waals surface area (Å²) in [5, 5.41) is 20.7. The van der Waals surface area contributed by atoms with Gasteiger partial charge in [-0.25, -0.2) is 9.37 Å². The van der Waals surface area contributed by atoms with Gasteiger partial charge in [-0.1, -0.05) is 11.6 Å². The molecule has 0 unspecified atom stereocenters. The molecule has 0 bridgehead atoms. The number of imidazole rings is 1. The Morgan fingerprint density at radius 3 is 2.60 bits per heavy atom. The Kier molecular flexibility index (Phi) is 6.43. The largest absolute Gasteiger partial charge is 0.394 e. The number of aliphatic hydroxyl groups is 2. The third kappa shape index (κ3) is 4.64. The number of carbonyl (C=O) groups is 1. The van der Waals surface area contributed by atoms with Gasteiger partial charge in [-0.05, 0) is 43.7 Å². The summed E-state index contributed by atoms with van der Waals surface area (Å²) in [6.07, 6.45) is 3.88. The normalized spacial score (nSPS) is 12.0. The monoisotopic (exact) mass is 414 g/mol. The van der Waals surface area contributed by atoms with Crippen molar-refractivity contribution < 1.29 is 19.4 Å². The van der Waals surface area contributed by atoms with Crippen LogP contribution in [0, 0.1) is 5.82 Å². The fourth-order valence-electron chi connectivity index (χ4n) is 2.86. The number of nitrogens with zero attached hydrogens (tertiary/aromatic N) is 3. The van der Waals surface area contributed by atoms with Crippen LogP contribution >= 0.6 is 0 Å². The van der Waals surface area contributed by atoms with Crippen LogP contribution in [0.1, 0.15) is 24.3 Å². The smallest absolute Gasteiger partial charge is 0.295 e. The van der Waals surface area contributed by atoms with Crippen LogP contribution in [0.25, 0.3) is 16.9 Å². The van der Waals surface area contributed by atoms with Crippen LogP contribution in [0.5, 0.6) is 0 Å². The van der Waals surface area contributed by atoms with E-state index in [-0.39, 0.29) is 23.7 Å². The predicted molar refractivity (Wildman–Crippen MR) is 110 cm³/mol. The lowest BCUT2D eigenvalue weighted by Gasteiger charge is -2.12. The Balaban J connectivity index is 2.09. The topological polar surface area (TPSA) is 109 Å². The van der Waals surface area contributed by atoms with Crippen molar-refractivity contribution in [2.75, 3.05) is 13.2 Å². The number of hydrogen-bond donors (Lipinski definition) is 3. The van der Waals surface area contributed by atoms with E-state index in [1.165, 1.54) is 27.3 Å². The molecule has 0 radical (unpaired) electrons. The molecule has 0 aliphatic heterocycles. The van der Waals surface area contributed by atoms with Gasteiger partial charge in [0.1, 0.15) is 11.5 Å². The Morgan fingerprint density at radius 2 is 1.97 bits per heavy atom. The van der Waals surface area contributed by atoms with Crippen LogP contribution in [-0.2, 0) is 6.54 Å². The molecule has 3 aromatic rings. The van der Waals surface area contributed by atoms with Gasteiger partial charge in [0.05, 0.1) is 18.4 Å². The molecule has 158 valence electrons. The van der Waals surface area contributed by atoms with Crippen molar-refractivity contribution in [3.63, 3.8) is 0 Å². The summed E-state index contributed by atoms with van der Waals surface area (Å²) in [4.78, 5) is 29.6. The first-order valence-corrected chi connectivity index (χ1v) is 9.39. The molecule has 0 aliphatic rings. The number of rotatable bonds is 7. The van der Waals surface area contributed by atoms with Crippen molar-refractivity contribution >= 4 is 11.6 Å². The van der Waals surface area contributed by atoms with Gasteiger partial charge in [0.2, 0.25) is 5.65 Å². The first-order valence-electron chi connectivity index (χ1n) is 9.39. The molecule has 0 saturated carbocycles. The highest BCUT2D eigenvalue weighted by Crippen LogP contribution is 2.20. The molecule has 0 spiro atoms. The number of benzene rings is 1. The van der Waals surface area contributed by atoms with Gasteiger partial charge in [-0.2, -0.15) is 0 Å². The Bertz CT molecular complexity index is 1140. The van der Waals surface area contributed by atoms with Gasteiger partial charge in [0.15, 0.2) is 0 Å². The number of amides is 1. The van der Waals surface area contributed by atoms with Crippen LogP contribution in [0.15, 0.2) is 53.1 Å². The van der Waals surface area contributed by atoms with Crippen molar-refractivity contribution in [3.8, 4) is 11.3 Å². The van der Waals surface area contributed by atoms with E-state index in [2.05, 4.69) is 10.3 Å². The maximum absolute atomic E-state index is 13.4. The molecule has 9 heteroatoms. The molecule has 3 rings (SSSR count). The molecule has 2 aromatic heterocycles. The zero-order valence-electron chi connectivity index (χ0n) is 16.7. The molecular weight excluding hydrogens is 391 g/mol. The molecule has 1 aromatic carbocycles. The first-order chi connectivity index (χ1) is 14.3. The molecule has 3 N–H and O–H groups in total. The fraction of sp³-hybridized carbons (Fsp3) is 0.286. The van der Waals surface area contributed by atoms with Crippen LogP contribution in [0.2, 0.25) is 0 Å². The highest BCUT2D eigenvalue weighted by Gasteiger charge is 2.17. The predicted octanol–water partition coefficient (Wildman–Crippen LogP) is 1.35. The van der Waals surface area contributed by atoms with E-state index in [1.807, 2.05) is 19.9 Å². The Morgan fingerprint density at radius 1 is 1.27 bits per heavy atom. The van der Waals surface area contributed by atoms with Crippen LogP contribution in [0.3, 0.4) is 0 Å². The quantitative estimate of drug-likeness (QED) is 0.506. The molecule has 0 fully saturated rings.